The molecule has 0 aromatic carbocycles. The molecule has 0 saturated carbocycles. The van der Waals surface area contributed by atoms with Crippen LogP contribution >= 0.6 is 0 Å². The van der Waals surface area contributed by atoms with Crippen LogP contribution in [0.5, 0.6) is 0 Å². The monoisotopic (exact) mass is 262 g/mol. The van der Waals surface area contributed by atoms with Gasteiger partial charge < -0.3 is 5.73 Å². The zero-order valence-corrected chi connectivity index (χ0v) is 11.9. The van der Waals surface area contributed by atoms with Crippen LogP contribution in [0, 0.1) is 5.92 Å². The van der Waals surface area contributed by atoms with Crippen LogP contribution in [-0.4, -0.2) is 50.5 Å². The van der Waals surface area contributed by atoms with E-state index in [0.717, 1.165) is 13.0 Å². The highest BCUT2D eigenvalue weighted by Gasteiger charge is 2.29. The topological polar surface area (TPSA) is 63.4 Å². The van der Waals surface area contributed by atoms with E-state index in [1.54, 1.807) is 6.92 Å². The normalized spacial score (nSPS) is 27.2. The Bertz CT molecular complexity index is 316. The van der Waals surface area contributed by atoms with Gasteiger partial charge in [-0.1, -0.05) is 20.3 Å². The van der Waals surface area contributed by atoms with Crippen molar-refractivity contribution in [3.05, 3.63) is 0 Å². The summed E-state index contributed by atoms with van der Waals surface area (Å²) in [5, 5.41) is 0. The Labute approximate surface area is 105 Å². The minimum absolute atomic E-state index is 0.241. The molecule has 1 saturated heterocycles. The smallest absolute Gasteiger partial charge is 0.151 e. The van der Waals surface area contributed by atoms with Crippen LogP contribution in [0.1, 0.15) is 33.1 Å². The third kappa shape index (κ3) is 4.23. The Morgan fingerprint density at radius 2 is 2.06 bits per heavy atom. The zero-order valence-electron chi connectivity index (χ0n) is 11.1. The van der Waals surface area contributed by atoms with Crippen molar-refractivity contribution in [1.29, 1.82) is 0 Å². The molecule has 102 valence electrons. The SMILES string of the molecule is CCC1CCCN(CCS(=O)(=O)CC)C1CN. The van der Waals surface area contributed by atoms with E-state index in [2.05, 4.69) is 11.8 Å². The molecular weight excluding hydrogens is 236 g/mol. The number of hydrogen-bond acceptors (Lipinski definition) is 4. The maximum Gasteiger partial charge on any atom is 0.151 e. The zero-order chi connectivity index (χ0) is 12.9. The summed E-state index contributed by atoms with van der Waals surface area (Å²) in [5.74, 6) is 1.15. The Hall–Kier alpha value is -0.130. The van der Waals surface area contributed by atoms with Gasteiger partial charge in [0.25, 0.3) is 0 Å². The van der Waals surface area contributed by atoms with Crippen LogP contribution in [0.4, 0.5) is 0 Å². The lowest BCUT2D eigenvalue weighted by Crippen LogP contribution is -2.50. The van der Waals surface area contributed by atoms with Crippen LogP contribution in [0.25, 0.3) is 0 Å². The Kier molecular flexibility index (Phi) is 5.89. The van der Waals surface area contributed by atoms with Crippen LogP contribution in [-0.2, 0) is 9.84 Å². The highest BCUT2D eigenvalue weighted by molar-refractivity contribution is 7.91. The predicted molar refractivity (Wildman–Crippen MR) is 71.8 cm³/mol. The number of nitrogens with zero attached hydrogens (tertiary/aromatic N) is 1. The van der Waals surface area contributed by atoms with E-state index in [4.69, 9.17) is 5.73 Å². The quantitative estimate of drug-likeness (QED) is 0.771. The summed E-state index contributed by atoms with van der Waals surface area (Å²) in [5.41, 5.74) is 5.84. The Morgan fingerprint density at radius 1 is 1.35 bits per heavy atom. The molecule has 1 aliphatic heterocycles. The molecule has 4 nitrogen and oxygen atoms in total. The van der Waals surface area contributed by atoms with Gasteiger partial charge in [-0.3, -0.25) is 4.90 Å². The van der Waals surface area contributed by atoms with Gasteiger partial charge in [-0.25, -0.2) is 8.42 Å². The first-order valence-electron chi connectivity index (χ1n) is 6.68. The van der Waals surface area contributed by atoms with E-state index in [9.17, 15) is 8.42 Å². The average Bonchev–Trinajstić information content (AvgIpc) is 2.35. The lowest BCUT2D eigenvalue weighted by atomic mass is 9.87. The highest BCUT2D eigenvalue weighted by atomic mass is 32.2. The van der Waals surface area contributed by atoms with Gasteiger partial charge in [0.1, 0.15) is 0 Å². The minimum atomic E-state index is -2.86. The van der Waals surface area contributed by atoms with Crippen molar-refractivity contribution in [2.75, 3.05) is 31.1 Å². The average molecular weight is 262 g/mol. The van der Waals surface area contributed by atoms with Crippen molar-refractivity contribution in [2.45, 2.75) is 39.2 Å². The number of rotatable bonds is 6. The molecule has 0 aromatic rings. The molecule has 0 bridgehead atoms. The van der Waals surface area contributed by atoms with E-state index >= 15 is 0 Å². The second-order valence-electron chi connectivity index (χ2n) is 4.89. The maximum atomic E-state index is 11.5. The molecule has 17 heavy (non-hydrogen) atoms. The Morgan fingerprint density at radius 3 is 2.59 bits per heavy atom. The van der Waals surface area contributed by atoms with Gasteiger partial charge in [-0.2, -0.15) is 0 Å². The van der Waals surface area contributed by atoms with Crippen molar-refractivity contribution in [1.82, 2.24) is 4.90 Å². The van der Waals surface area contributed by atoms with Gasteiger partial charge in [-0.15, -0.1) is 0 Å². The first-order chi connectivity index (χ1) is 8.04. The van der Waals surface area contributed by atoms with Gasteiger partial charge >= 0.3 is 0 Å². The number of sulfone groups is 1. The second kappa shape index (κ2) is 6.71. The van der Waals surface area contributed by atoms with Crippen molar-refractivity contribution in [3.8, 4) is 0 Å². The lowest BCUT2D eigenvalue weighted by molar-refractivity contribution is 0.102. The first-order valence-corrected chi connectivity index (χ1v) is 8.50. The van der Waals surface area contributed by atoms with E-state index < -0.39 is 9.84 Å². The summed E-state index contributed by atoms with van der Waals surface area (Å²) in [6, 6.07) is 0.376. The molecule has 1 aliphatic rings. The molecule has 0 amide bonds. The molecule has 1 rings (SSSR count). The summed E-state index contributed by atoms with van der Waals surface area (Å²) in [7, 11) is -2.86. The molecule has 0 aliphatic carbocycles. The molecule has 0 radical (unpaired) electrons. The molecule has 2 N–H and O–H groups in total. The second-order valence-corrected chi connectivity index (χ2v) is 7.36. The largest absolute Gasteiger partial charge is 0.329 e. The molecular formula is C12H26N2O2S. The molecule has 5 heteroatoms. The number of hydrogen-bond donors (Lipinski definition) is 1. The molecule has 2 atom stereocenters. The van der Waals surface area contributed by atoms with Gasteiger partial charge in [0.15, 0.2) is 9.84 Å². The first kappa shape index (κ1) is 14.9. The third-order valence-corrected chi connectivity index (χ3v) is 5.61. The fourth-order valence-electron chi connectivity index (χ4n) is 2.71. The Balaban J connectivity index is 2.56. The summed E-state index contributed by atoms with van der Waals surface area (Å²) < 4.78 is 23.1. The van der Waals surface area contributed by atoms with Crippen molar-refractivity contribution in [3.63, 3.8) is 0 Å². The highest BCUT2D eigenvalue weighted by Crippen LogP contribution is 2.25. The minimum Gasteiger partial charge on any atom is -0.329 e. The van der Waals surface area contributed by atoms with E-state index in [1.807, 2.05) is 0 Å². The fraction of sp³-hybridized carbons (Fsp3) is 1.00. The van der Waals surface area contributed by atoms with Gasteiger partial charge in [0.05, 0.1) is 5.75 Å². The molecule has 2 unspecified atom stereocenters. The maximum absolute atomic E-state index is 11.5. The van der Waals surface area contributed by atoms with Crippen LogP contribution in [0.2, 0.25) is 0 Å². The van der Waals surface area contributed by atoms with E-state index in [0.29, 0.717) is 25.0 Å². The number of piperidine rings is 1. The van der Waals surface area contributed by atoms with Crippen molar-refractivity contribution >= 4 is 9.84 Å². The van der Waals surface area contributed by atoms with Gasteiger partial charge in [-0.05, 0) is 25.3 Å². The third-order valence-electron chi connectivity index (χ3n) is 3.93. The molecule has 1 heterocycles. The predicted octanol–water partition coefficient (Wildman–Crippen LogP) is 0.870. The van der Waals surface area contributed by atoms with E-state index in [1.165, 1.54) is 12.8 Å². The van der Waals surface area contributed by atoms with Crippen molar-refractivity contribution in [2.24, 2.45) is 11.7 Å². The number of nitrogens with two attached hydrogens (primary N) is 1. The summed E-state index contributed by atoms with van der Waals surface area (Å²) >= 11 is 0. The molecule has 1 fully saturated rings. The van der Waals surface area contributed by atoms with Crippen LogP contribution in [0.15, 0.2) is 0 Å². The summed E-state index contributed by atoms with van der Waals surface area (Å²) in [6.45, 7) is 6.19. The standard InChI is InChI=1S/C12H26N2O2S/c1-3-11-6-5-7-14(12(11)10-13)8-9-17(15,16)4-2/h11-12H,3-10,13H2,1-2H3. The molecule has 0 spiro atoms. The fourth-order valence-corrected chi connectivity index (χ4v) is 3.51. The summed E-state index contributed by atoms with van der Waals surface area (Å²) in [6.07, 6.45) is 3.54. The van der Waals surface area contributed by atoms with Gasteiger partial charge in [0.2, 0.25) is 0 Å². The van der Waals surface area contributed by atoms with Gasteiger partial charge in [0, 0.05) is 24.9 Å². The molecule has 0 aromatic heterocycles. The van der Waals surface area contributed by atoms with Crippen molar-refractivity contribution < 1.29 is 8.42 Å². The van der Waals surface area contributed by atoms with Crippen LogP contribution in [0.3, 0.4) is 0 Å². The van der Waals surface area contributed by atoms with Crippen LogP contribution < -0.4 is 5.73 Å². The lowest BCUT2D eigenvalue weighted by Gasteiger charge is -2.40. The van der Waals surface area contributed by atoms with E-state index in [-0.39, 0.29) is 11.5 Å². The summed E-state index contributed by atoms with van der Waals surface area (Å²) in [4.78, 5) is 2.28. The number of likely N-dealkylation sites (tertiary alicyclic amines) is 1.